The summed E-state index contributed by atoms with van der Waals surface area (Å²) in [5.41, 5.74) is 0. The lowest BCUT2D eigenvalue weighted by Gasteiger charge is -2.26. The number of amides is 1. The molecule has 0 bridgehead atoms. The molecule has 2 saturated heterocycles. The monoisotopic (exact) mass is 253 g/mol. The second-order valence-electron chi connectivity index (χ2n) is 5.76. The smallest absolute Gasteiger partial charge is 0.236 e. The number of likely N-dealkylation sites (N-methyl/N-ethyl adjacent to an activating group) is 1. The molecule has 0 aromatic rings. The van der Waals surface area contributed by atoms with E-state index in [1.165, 1.54) is 45.1 Å². The number of hydrogen-bond donors (Lipinski definition) is 1. The molecule has 1 N–H and O–H groups in total. The van der Waals surface area contributed by atoms with Crippen LogP contribution in [0.15, 0.2) is 0 Å². The molecule has 1 amide bonds. The number of carbonyl (C=O) groups is 1. The Morgan fingerprint density at radius 1 is 1.28 bits per heavy atom. The first-order chi connectivity index (χ1) is 8.75. The fourth-order valence-corrected chi connectivity index (χ4v) is 2.92. The lowest BCUT2D eigenvalue weighted by Crippen LogP contribution is -2.40. The lowest BCUT2D eigenvalue weighted by molar-refractivity contribution is -0.131. The Morgan fingerprint density at radius 3 is 2.72 bits per heavy atom. The number of piperidine rings is 1. The first-order valence-corrected chi connectivity index (χ1v) is 7.45. The summed E-state index contributed by atoms with van der Waals surface area (Å²) in [6, 6.07) is 0.670. The van der Waals surface area contributed by atoms with Gasteiger partial charge in [0.1, 0.15) is 0 Å². The molecule has 0 spiro atoms. The van der Waals surface area contributed by atoms with Gasteiger partial charge in [-0.15, -0.1) is 0 Å². The number of likely N-dealkylation sites (tertiary alicyclic amines) is 1. The molecule has 1 unspecified atom stereocenters. The molecule has 1 atom stereocenters. The minimum absolute atomic E-state index is 0.312. The highest BCUT2D eigenvalue weighted by atomic mass is 16.2. The third kappa shape index (κ3) is 4.25. The molecule has 2 aliphatic rings. The normalized spacial score (nSPS) is 24.8. The molecule has 18 heavy (non-hydrogen) atoms. The minimum Gasteiger partial charge on any atom is -0.342 e. The van der Waals surface area contributed by atoms with Gasteiger partial charge < -0.3 is 10.2 Å². The average Bonchev–Trinajstić information content (AvgIpc) is 2.91. The summed E-state index contributed by atoms with van der Waals surface area (Å²) in [4.78, 5) is 16.2. The number of nitrogens with zero attached hydrogens (tertiary/aromatic N) is 2. The van der Waals surface area contributed by atoms with Crippen LogP contribution in [0.4, 0.5) is 0 Å². The zero-order valence-electron chi connectivity index (χ0n) is 11.7. The Bertz CT molecular complexity index is 258. The van der Waals surface area contributed by atoms with Gasteiger partial charge in [-0.2, -0.15) is 0 Å². The van der Waals surface area contributed by atoms with Crippen molar-refractivity contribution in [1.29, 1.82) is 0 Å². The van der Waals surface area contributed by atoms with Crippen molar-refractivity contribution >= 4 is 5.91 Å². The van der Waals surface area contributed by atoms with Crippen LogP contribution in [-0.4, -0.2) is 61.5 Å². The van der Waals surface area contributed by atoms with Gasteiger partial charge in [-0.1, -0.05) is 6.42 Å². The summed E-state index contributed by atoms with van der Waals surface area (Å²) in [5.74, 6) is 0.312. The summed E-state index contributed by atoms with van der Waals surface area (Å²) >= 11 is 0. The summed E-state index contributed by atoms with van der Waals surface area (Å²) in [5, 5.41) is 3.56. The van der Waals surface area contributed by atoms with Gasteiger partial charge in [0.05, 0.1) is 6.54 Å². The molecule has 2 aliphatic heterocycles. The molecule has 0 radical (unpaired) electrons. The fraction of sp³-hybridized carbons (Fsp3) is 0.929. The maximum absolute atomic E-state index is 12.0. The van der Waals surface area contributed by atoms with Gasteiger partial charge in [-0.05, 0) is 52.2 Å². The van der Waals surface area contributed by atoms with E-state index in [1.54, 1.807) is 0 Å². The maximum atomic E-state index is 12.0. The molecule has 0 aromatic carbocycles. The first kappa shape index (κ1) is 13.8. The Balaban J connectivity index is 1.61. The molecular formula is C14H27N3O. The van der Waals surface area contributed by atoms with Crippen molar-refractivity contribution in [2.75, 3.05) is 39.8 Å². The van der Waals surface area contributed by atoms with E-state index in [2.05, 4.69) is 17.3 Å². The van der Waals surface area contributed by atoms with E-state index < -0.39 is 0 Å². The largest absolute Gasteiger partial charge is 0.342 e. The van der Waals surface area contributed by atoms with Crippen LogP contribution in [-0.2, 0) is 4.79 Å². The van der Waals surface area contributed by atoms with Crippen LogP contribution in [0.2, 0.25) is 0 Å². The Labute approximate surface area is 111 Å². The summed E-state index contributed by atoms with van der Waals surface area (Å²) in [6.07, 6.45) is 7.51. The Kier molecular flexibility index (Phi) is 5.45. The van der Waals surface area contributed by atoms with Gasteiger partial charge in [0.15, 0.2) is 0 Å². The molecule has 0 saturated carbocycles. The van der Waals surface area contributed by atoms with Gasteiger partial charge in [0.25, 0.3) is 0 Å². The third-order valence-corrected chi connectivity index (χ3v) is 4.14. The van der Waals surface area contributed by atoms with Crippen molar-refractivity contribution < 1.29 is 4.79 Å². The second-order valence-corrected chi connectivity index (χ2v) is 5.76. The van der Waals surface area contributed by atoms with E-state index in [0.29, 0.717) is 18.5 Å². The summed E-state index contributed by atoms with van der Waals surface area (Å²) in [6.45, 7) is 4.72. The molecule has 104 valence electrons. The minimum atomic E-state index is 0.312. The van der Waals surface area contributed by atoms with E-state index in [9.17, 15) is 4.79 Å². The van der Waals surface area contributed by atoms with Crippen LogP contribution in [0.1, 0.15) is 38.5 Å². The number of rotatable bonds is 5. The van der Waals surface area contributed by atoms with Crippen LogP contribution in [0.5, 0.6) is 0 Å². The SMILES string of the molecule is CN(CCC1CCCCN1)CC(=O)N1CCCC1. The van der Waals surface area contributed by atoms with E-state index in [4.69, 9.17) is 0 Å². The molecule has 2 rings (SSSR count). The zero-order valence-corrected chi connectivity index (χ0v) is 11.7. The van der Waals surface area contributed by atoms with Crippen LogP contribution in [0.3, 0.4) is 0 Å². The predicted molar refractivity (Wildman–Crippen MR) is 73.6 cm³/mol. The molecule has 4 heteroatoms. The molecule has 0 aliphatic carbocycles. The van der Waals surface area contributed by atoms with Gasteiger partial charge in [0.2, 0.25) is 5.91 Å². The fourth-order valence-electron chi connectivity index (χ4n) is 2.92. The van der Waals surface area contributed by atoms with E-state index in [1.807, 2.05) is 4.90 Å². The standard InChI is InChI=1S/C14H27N3O/c1-16(11-7-13-6-2-3-8-15-13)12-14(18)17-9-4-5-10-17/h13,15H,2-12H2,1H3. The average molecular weight is 253 g/mol. The quantitative estimate of drug-likeness (QED) is 0.796. The topological polar surface area (TPSA) is 35.6 Å². The highest BCUT2D eigenvalue weighted by Gasteiger charge is 2.19. The molecule has 2 heterocycles. The summed E-state index contributed by atoms with van der Waals surface area (Å²) < 4.78 is 0. The molecule has 4 nitrogen and oxygen atoms in total. The molecule has 2 fully saturated rings. The van der Waals surface area contributed by atoms with Crippen LogP contribution >= 0.6 is 0 Å². The van der Waals surface area contributed by atoms with Crippen molar-refractivity contribution in [3.8, 4) is 0 Å². The van der Waals surface area contributed by atoms with Crippen molar-refractivity contribution in [2.24, 2.45) is 0 Å². The highest BCUT2D eigenvalue weighted by Crippen LogP contribution is 2.11. The van der Waals surface area contributed by atoms with Crippen molar-refractivity contribution in [3.63, 3.8) is 0 Å². The Hall–Kier alpha value is -0.610. The molecular weight excluding hydrogens is 226 g/mol. The van der Waals surface area contributed by atoms with Gasteiger partial charge in [0, 0.05) is 19.1 Å². The van der Waals surface area contributed by atoms with Crippen molar-refractivity contribution in [3.05, 3.63) is 0 Å². The number of hydrogen-bond acceptors (Lipinski definition) is 3. The van der Waals surface area contributed by atoms with E-state index in [0.717, 1.165) is 19.6 Å². The van der Waals surface area contributed by atoms with Gasteiger partial charge in [-0.3, -0.25) is 9.69 Å². The summed E-state index contributed by atoms with van der Waals surface area (Å²) in [7, 11) is 2.07. The van der Waals surface area contributed by atoms with Crippen LogP contribution in [0.25, 0.3) is 0 Å². The highest BCUT2D eigenvalue weighted by molar-refractivity contribution is 5.78. The Morgan fingerprint density at radius 2 is 2.06 bits per heavy atom. The maximum Gasteiger partial charge on any atom is 0.236 e. The van der Waals surface area contributed by atoms with Gasteiger partial charge >= 0.3 is 0 Å². The zero-order chi connectivity index (χ0) is 12.8. The first-order valence-electron chi connectivity index (χ1n) is 7.45. The van der Waals surface area contributed by atoms with Crippen LogP contribution in [0, 0.1) is 0 Å². The third-order valence-electron chi connectivity index (χ3n) is 4.14. The van der Waals surface area contributed by atoms with Gasteiger partial charge in [-0.25, -0.2) is 0 Å². The van der Waals surface area contributed by atoms with Crippen LogP contribution < -0.4 is 5.32 Å². The van der Waals surface area contributed by atoms with E-state index in [-0.39, 0.29) is 0 Å². The number of carbonyl (C=O) groups excluding carboxylic acids is 1. The second kappa shape index (κ2) is 7.10. The van der Waals surface area contributed by atoms with Crippen molar-refractivity contribution in [1.82, 2.24) is 15.1 Å². The van der Waals surface area contributed by atoms with Crippen molar-refractivity contribution in [2.45, 2.75) is 44.6 Å². The predicted octanol–water partition coefficient (Wildman–Crippen LogP) is 1.07. The lowest BCUT2D eigenvalue weighted by atomic mass is 10.0. The number of nitrogens with one attached hydrogen (secondary N) is 1. The van der Waals surface area contributed by atoms with E-state index >= 15 is 0 Å². The molecule has 0 aromatic heterocycles.